The van der Waals surface area contributed by atoms with E-state index < -0.39 is 32.0 Å². The van der Waals surface area contributed by atoms with E-state index in [-0.39, 0.29) is 10.5 Å². The van der Waals surface area contributed by atoms with Crippen molar-refractivity contribution in [3.05, 3.63) is 33.6 Å². The number of hydrogen-bond donors (Lipinski definition) is 0. The van der Waals surface area contributed by atoms with Crippen molar-refractivity contribution < 1.29 is 17.7 Å². The maximum atomic E-state index is 13.5. The van der Waals surface area contributed by atoms with Gasteiger partial charge < -0.3 is 0 Å². The molecule has 0 N–H and O–H groups in total. The number of hydrogen-bond acceptors (Lipinski definition) is 4. The molecule has 8 heteroatoms. The second-order valence-electron chi connectivity index (χ2n) is 5.82. The molecule has 0 radical (unpaired) electrons. The molecule has 1 heterocycles. The third kappa shape index (κ3) is 2.65. The molecule has 0 aliphatic carbocycles. The van der Waals surface area contributed by atoms with Crippen LogP contribution >= 0.6 is 0 Å². The first-order valence-corrected chi connectivity index (χ1v) is 7.99. The minimum atomic E-state index is -3.89. The van der Waals surface area contributed by atoms with Crippen LogP contribution in [0, 0.1) is 22.9 Å². The first kappa shape index (κ1) is 15.8. The molecule has 0 unspecified atom stereocenters. The molecule has 1 aromatic carbocycles. The van der Waals surface area contributed by atoms with Crippen molar-refractivity contribution in [3.8, 4) is 0 Å². The summed E-state index contributed by atoms with van der Waals surface area (Å²) in [6.07, 6.45) is 1.45. The Balaban J connectivity index is 2.60. The predicted molar refractivity (Wildman–Crippen MR) is 75.0 cm³/mol. The molecule has 6 nitrogen and oxygen atoms in total. The van der Waals surface area contributed by atoms with Gasteiger partial charge in [-0.15, -0.1) is 0 Å². The van der Waals surface area contributed by atoms with Crippen molar-refractivity contribution in [3.63, 3.8) is 0 Å². The molecular formula is C13H17FN2O4S. The third-order valence-electron chi connectivity index (χ3n) is 3.83. The second kappa shape index (κ2) is 5.03. The largest absolute Gasteiger partial charge is 0.306 e. The van der Waals surface area contributed by atoms with Crippen molar-refractivity contribution in [1.82, 2.24) is 4.31 Å². The molecule has 21 heavy (non-hydrogen) atoms. The van der Waals surface area contributed by atoms with Crippen LogP contribution < -0.4 is 0 Å². The Labute approximate surface area is 122 Å². The number of nitro groups is 1. The standard InChI is InChI=1S/C13H17FN2O4S/c1-9-7-10(14)11(16(17)18)8-12(9)21(19,20)15-6-4-5-13(15,2)3/h7-8H,4-6H2,1-3H3. The zero-order valence-electron chi connectivity index (χ0n) is 12.1. The van der Waals surface area contributed by atoms with E-state index in [1.54, 1.807) is 0 Å². The average Bonchev–Trinajstić information content (AvgIpc) is 2.68. The van der Waals surface area contributed by atoms with Gasteiger partial charge in [-0.1, -0.05) is 0 Å². The molecule has 116 valence electrons. The SMILES string of the molecule is Cc1cc(F)c([N+](=O)[O-])cc1S(=O)(=O)N1CCCC1(C)C. The number of aryl methyl sites for hydroxylation is 1. The summed E-state index contributed by atoms with van der Waals surface area (Å²) in [6, 6.07) is 1.71. The van der Waals surface area contributed by atoms with Crippen molar-refractivity contribution in [2.45, 2.75) is 44.0 Å². The number of nitro benzene ring substituents is 1. The van der Waals surface area contributed by atoms with Crippen LogP contribution in [0.15, 0.2) is 17.0 Å². The number of rotatable bonds is 3. The van der Waals surface area contributed by atoms with Gasteiger partial charge in [-0.2, -0.15) is 8.70 Å². The number of nitrogens with zero attached hydrogens (tertiary/aromatic N) is 2. The summed E-state index contributed by atoms with van der Waals surface area (Å²) in [5.74, 6) is -1.03. The molecule has 1 aliphatic rings. The van der Waals surface area contributed by atoms with Gasteiger partial charge in [0.2, 0.25) is 15.8 Å². The smallest absolute Gasteiger partial charge is 0.258 e. The minimum Gasteiger partial charge on any atom is -0.258 e. The summed E-state index contributed by atoms with van der Waals surface area (Å²) in [6.45, 7) is 5.42. The molecule has 2 rings (SSSR count). The molecule has 0 saturated carbocycles. The number of sulfonamides is 1. The van der Waals surface area contributed by atoms with E-state index in [0.29, 0.717) is 13.0 Å². The molecule has 1 saturated heterocycles. The van der Waals surface area contributed by atoms with Crippen LogP contribution in [0.4, 0.5) is 10.1 Å². The van der Waals surface area contributed by atoms with E-state index in [9.17, 15) is 22.9 Å². The summed E-state index contributed by atoms with van der Waals surface area (Å²) in [4.78, 5) is 9.70. The lowest BCUT2D eigenvalue weighted by molar-refractivity contribution is -0.387. The van der Waals surface area contributed by atoms with Gasteiger partial charge in [0, 0.05) is 18.2 Å². The molecule has 1 fully saturated rings. The molecule has 0 atom stereocenters. The first-order chi connectivity index (χ1) is 9.57. The maximum Gasteiger partial charge on any atom is 0.306 e. The van der Waals surface area contributed by atoms with Crippen LogP contribution in [-0.2, 0) is 10.0 Å². The Hall–Kier alpha value is -1.54. The van der Waals surface area contributed by atoms with Gasteiger partial charge in [-0.05, 0) is 45.2 Å². The van der Waals surface area contributed by atoms with Gasteiger partial charge in [0.25, 0.3) is 0 Å². The van der Waals surface area contributed by atoms with E-state index >= 15 is 0 Å². The summed E-state index contributed by atoms with van der Waals surface area (Å²) in [7, 11) is -3.89. The topological polar surface area (TPSA) is 80.5 Å². The average molecular weight is 316 g/mol. The Bertz CT molecular complexity index is 700. The van der Waals surface area contributed by atoms with Crippen LogP contribution in [0.2, 0.25) is 0 Å². The highest BCUT2D eigenvalue weighted by Gasteiger charge is 2.42. The maximum absolute atomic E-state index is 13.5. The van der Waals surface area contributed by atoms with Crippen LogP contribution in [0.5, 0.6) is 0 Å². The highest BCUT2D eigenvalue weighted by molar-refractivity contribution is 7.89. The highest BCUT2D eigenvalue weighted by Crippen LogP contribution is 2.36. The summed E-state index contributed by atoms with van der Waals surface area (Å²) in [5, 5.41) is 10.8. The fraction of sp³-hybridized carbons (Fsp3) is 0.538. The molecular weight excluding hydrogens is 299 g/mol. The van der Waals surface area contributed by atoms with E-state index in [0.717, 1.165) is 18.6 Å². The van der Waals surface area contributed by atoms with Crippen LogP contribution in [0.3, 0.4) is 0 Å². The fourth-order valence-electron chi connectivity index (χ4n) is 2.71. The van der Waals surface area contributed by atoms with Gasteiger partial charge in [-0.25, -0.2) is 8.42 Å². The van der Waals surface area contributed by atoms with Crippen molar-refractivity contribution in [2.24, 2.45) is 0 Å². The quantitative estimate of drug-likeness (QED) is 0.634. The normalized spacial score (nSPS) is 18.9. The third-order valence-corrected chi connectivity index (χ3v) is 6.09. The van der Waals surface area contributed by atoms with Gasteiger partial charge in [0.05, 0.1) is 9.82 Å². The van der Waals surface area contributed by atoms with Crippen molar-refractivity contribution in [2.75, 3.05) is 6.54 Å². The molecule has 0 aromatic heterocycles. The van der Waals surface area contributed by atoms with Crippen molar-refractivity contribution >= 4 is 15.7 Å². The Kier molecular flexibility index (Phi) is 3.79. The fourth-order valence-corrected chi connectivity index (χ4v) is 4.78. The van der Waals surface area contributed by atoms with E-state index in [1.807, 2.05) is 13.8 Å². The van der Waals surface area contributed by atoms with Crippen molar-refractivity contribution in [1.29, 1.82) is 0 Å². The van der Waals surface area contributed by atoms with E-state index in [1.165, 1.54) is 11.2 Å². The monoisotopic (exact) mass is 316 g/mol. The van der Waals surface area contributed by atoms with E-state index in [4.69, 9.17) is 0 Å². The first-order valence-electron chi connectivity index (χ1n) is 6.55. The Morgan fingerprint density at radius 1 is 1.38 bits per heavy atom. The summed E-state index contributed by atoms with van der Waals surface area (Å²) >= 11 is 0. The second-order valence-corrected chi connectivity index (χ2v) is 7.65. The molecule has 0 bridgehead atoms. The number of benzene rings is 1. The lowest BCUT2D eigenvalue weighted by Gasteiger charge is -2.30. The Morgan fingerprint density at radius 2 is 2.00 bits per heavy atom. The van der Waals surface area contributed by atoms with Crippen LogP contribution in [0.25, 0.3) is 0 Å². The zero-order valence-corrected chi connectivity index (χ0v) is 12.9. The lowest BCUT2D eigenvalue weighted by Crippen LogP contribution is -2.42. The molecule has 0 spiro atoms. The van der Waals surface area contributed by atoms with E-state index in [2.05, 4.69) is 0 Å². The molecule has 1 aliphatic heterocycles. The summed E-state index contributed by atoms with van der Waals surface area (Å²) < 4.78 is 40.4. The minimum absolute atomic E-state index is 0.167. The highest BCUT2D eigenvalue weighted by atomic mass is 32.2. The van der Waals surface area contributed by atoms with Gasteiger partial charge in [0.15, 0.2) is 0 Å². The number of halogens is 1. The Morgan fingerprint density at radius 3 is 2.48 bits per heavy atom. The van der Waals surface area contributed by atoms with Gasteiger partial charge >= 0.3 is 5.69 Å². The van der Waals surface area contributed by atoms with Crippen LogP contribution in [-0.4, -0.2) is 29.7 Å². The van der Waals surface area contributed by atoms with Gasteiger partial charge in [-0.3, -0.25) is 10.1 Å². The van der Waals surface area contributed by atoms with Gasteiger partial charge in [0.1, 0.15) is 0 Å². The molecule has 0 amide bonds. The lowest BCUT2D eigenvalue weighted by atomic mass is 10.0. The van der Waals surface area contributed by atoms with Crippen LogP contribution in [0.1, 0.15) is 32.3 Å². The zero-order chi connectivity index (χ0) is 16.0. The molecule has 1 aromatic rings. The summed E-state index contributed by atoms with van der Waals surface area (Å²) in [5.41, 5.74) is -1.20. The predicted octanol–water partition coefficient (Wildman–Crippen LogP) is 2.61.